The lowest BCUT2D eigenvalue weighted by Crippen LogP contribution is -2.29. The monoisotopic (exact) mass is 259 g/mol. The predicted molar refractivity (Wildman–Crippen MR) is 71.6 cm³/mol. The van der Waals surface area contributed by atoms with Crippen molar-refractivity contribution in [3.8, 4) is 0 Å². The highest BCUT2D eigenvalue weighted by Crippen LogP contribution is 2.14. The molecule has 0 aliphatic carbocycles. The lowest BCUT2D eigenvalue weighted by atomic mass is 10.1. The van der Waals surface area contributed by atoms with E-state index in [4.69, 9.17) is 0 Å². The summed E-state index contributed by atoms with van der Waals surface area (Å²) >= 11 is 0. The summed E-state index contributed by atoms with van der Waals surface area (Å²) in [6.45, 7) is 2.43. The topological polar surface area (TPSA) is 67.2 Å². The Labute approximate surface area is 111 Å². The minimum Gasteiger partial charge on any atom is -0.480 e. The molecule has 1 aromatic carbocycles. The van der Waals surface area contributed by atoms with Gasteiger partial charge in [0, 0.05) is 13.6 Å². The Hall–Kier alpha value is -2.14. The van der Waals surface area contributed by atoms with Gasteiger partial charge in [-0.2, -0.15) is 5.10 Å². The molecule has 1 heterocycles. The van der Waals surface area contributed by atoms with E-state index in [0.717, 1.165) is 16.8 Å². The van der Waals surface area contributed by atoms with Gasteiger partial charge in [-0.05, 0) is 18.1 Å². The molecule has 0 spiro atoms. The summed E-state index contributed by atoms with van der Waals surface area (Å²) in [6, 6.07) is 8.44. The molecule has 0 unspecified atom stereocenters. The van der Waals surface area contributed by atoms with E-state index in [1.807, 2.05) is 44.3 Å². The van der Waals surface area contributed by atoms with Crippen molar-refractivity contribution < 1.29 is 9.90 Å². The molecule has 0 aliphatic heterocycles. The number of carbonyl (C=O) groups is 1. The molecule has 1 atom stereocenters. The molecule has 0 bridgehead atoms. The highest BCUT2D eigenvalue weighted by atomic mass is 16.4. The van der Waals surface area contributed by atoms with Crippen LogP contribution in [0.15, 0.2) is 36.5 Å². The van der Waals surface area contributed by atoms with E-state index < -0.39 is 12.0 Å². The van der Waals surface area contributed by atoms with Crippen molar-refractivity contribution in [3.05, 3.63) is 53.3 Å². The number of carboxylic acids is 1. The molecule has 5 nitrogen and oxygen atoms in total. The molecule has 1 aromatic heterocycles. The number of hydrogen-bond donors (Lipinski definition) is 2. The van der Waals surface area contributed by atoms with Crippen LogP contribution in [0.5, 0.6) is 0 Å². The molecular weight excluding hydrogens is 242 g/mol. The quantitative estimate of drug-likeness (QED) is 0.856. The molecule has 0 aliphatic rings. The van der Waals surface area contributed by atoms with Gasteiger partial charge in [0.2, 0.25) is 0 Å². The number of nitrogens with one attached hydrogen (secondary N) is 1. The smallest absolute Gasteiger partial charge is 0.325 e. The average Bonchev–Trinajstić information content (AvgIpc) is 2.71. The molecule has 2 N–H and O–H groups in total. The molecule has 0 radical (unpaired) electrons. The maximum Gasteiger partial charge on any atom is 0.325 e. The first-order valence-electron chi connectivity index (χ1n) is 6.08. The zero-order chi connectivity index (χ0) is 13.8. The van der Waals surface area contributed by atoms with Crippen molar-refractivity contribution in [2.75, 3.05) is 0 Å². The van der Waals surface area contributed by atoms with Crippen molar-refractivity contribution >= 4 is 5.97 Å². The van der Waals surface area contributed by atoms with Gasteiger partial charge in [-0.25, -0.2) is 0 Å². The van der Waals surface area contributed by atoms with E-state index in [2.05, 4.69) is 10.4 Å². The van der Waals surface area contributed by atoms with Crippen LogP contribution in [0.25, 0.3) is 0 Å². The third-order valence-electron chi connectivity index (χ3n) is 3.12. The fraction of sp³-hybridized carbons (Fsp3) is 0.286. The SMILES string of the molecule is Cc1cnn(C)c1CN[C@@H](C(=O)O)c1ccccc1. The standard InChI is InChI=1S/C14H17N3O2/c1-10-8-16-17(2)12(10)9-15-13(14(18)19)11-6-4-3-5-7-11/h3-8,13,15H,9H2,1-2H3,(H,18,19)/t13-/m1/s1. The molecular formula is C14H17N3O2. The summed E-state index contributed by atoms with van der Waals surface area (Å²) in [7, 11) is 1.85. The molecule has 0 amide bonds. The molecule has 0 saturated heterocycles. The number of nitrogens with zero attached hydrogens (tertiary/aromatic N) is 2. The zero-order valence-electron chi connectivity index (χ0n) is 11.0. The van der Waals surface area contributed by atoms with E-state index in [1.54, 1.807) is 10.9 Å². The van der Waals surface area contributed by atoms with E-state index in [9.17, 15) is 9.90 Å². The summed E-state index contributed by atoms with van der Waals surface area (Å²) in [5.41, 5.74) is 2.78. The lowest BCUT2D eigenvalue weighted by Gasteiger charge is -2.15. The molecule has 19 heavy (non-hydrogen) atoms. The Bertz CT molecular complexity index is 544. The van der Waals surface area contributed by atoms with Crippen LogP contribution in [0.1, 0.15) is 22.9 Å². The van der Waals surface area contributed by atoms with Gasteiger partial charge >= 0.3 is 5.97 Å². The lowest BCUT2D eigenvalue weighted by molar-refractivity contribution is -0.139. The minimum atomic E-state index is -0.883. The number of rotatable bonds is 5. The Morgan fingerprint density at radius 2 is 2.11 bits per heavy atom. The number of benzene rings is 1. The van der Waals surface area contributed by atoms with Gasteiger partial charge in [0.1, 0.15) is 6.04 Å². The van der Waals surface area contributed by atoms with Gasteiger partial charge in [-0.3, -0.25) is 14.8 Å². The van der Waals surface area contributed by atoms with Crippen LogP contribution in [0.3, 0.4) is 0 Å². The molecule has 2 rings (SSSR count). The Morgan fingerprint density at radius 1 is 1.42 bits per heavy atom. The summed E-state index contributed by atoms with van der Waals surface area (Å²) in [5, 5.41) is 16.5. The molecule has 0 saturated carbocycles. The maximum absolute atomic E-state index is 11.3. The van der Waals surface area contributed by atoms with E-state index in [0.29, 0.717) is 6.54 Å². The van der Waals surface area contributed by atoms with Crippen molar-refractivity contribution in [1.82, 2.24) is 15.1 Å². The number of aryl methyl sites for hydroxylation is 2. The van der Waals surface area contributed by atoms with Crippen LogP contribution in [-0.4, -0.2) is 20.9 Å². The van der Waals surface area contributed by atoms with Crippen LogP contribution < -0.4 is 5.32 Å². The molecule has 0 fully saturated rings. The third kappa shape index (κ3) is 3.00. The van der Waals surface area contributed by atoms with Gasteiger partial charge < -0.3 is 5.11 Å². The number of aromatic nitrogens is 2. The normalized spacial score (nSPS) is 12.3. The Kier molecular flexibility index (Phi) is 3.97. The molecule has 100 valence electrons. The van der Waals surface area contributed by atoms with Crippen LogP contribution in [-0.2, 0) is 18.4 Å². The zero-order valence-corrected chi connectivity index (χ0v) is 11.0. The average molecular weight is 259 g/mol. The van der Waals surface area contributed by atoms with Crippen molar-refractivity contribution in [1.29, 1.82) is 0 Å². The molecule has 2 aromatic rings. The molecule has 5 heteroatoms. The fourth-order valence-electron chi connectivity index (χ4n) is 2.02. The minimum absolute atomic E-state index is 0.466. The Balaban J connectivity index is 2.13. The second-order valence-corrected chi connectivity index (χ2v) is 4.46. The van der Waals surface area contributed by atoms with E-state index in [-0.39, 0.29) is 0 Å². The van der Waals surface area contributed by atoms with Crippen molar-refractivity contribution in [2.24, 2.45) is 7.05 Å². The number of aliphatic carboxylic acids is 1. The Morgan fingerprint density at radius 3 is 2.63 bits per heavy atom. The summed E-state index contributed by atoms with van der Waals surface area (Å²) < 4.78 is 1.76. The van der Waals surface area contributed by atoms with Crippen molar-refractivity contribution in [3.63, 3.8) is 0 Å². The second kappa shape index (κ2) is 5.67. The van der Waals surface area contributed by atoms with Gasteiger partial charge in [0.15, 0.2) is 0 Å². The van der Waals surface area contributed by atoms with Crippen LogP contribution in [0.2, 0.25) is 0 Å². The number of carboxylic acid groups (broad SMARTS) is 1. The van der Waals surface area contributed by atoms with E-state index in [1.165, 1.54) is 0 Å². The van der Waals surface area contributed by atoms with E-state index >= 15 is 0 Å². The predicted octanol–water partition coefficient (Wildman–Crippen LogP) is 1.64. The first-order chi connectivity index (χ1) is 9.09. The highest BCUT2D eigenvalue weighted by Gasteiger charge is 2.19. The van der Waals surface area contributed by atoms with Crippen LogP contribution >= 0.6 is 0 Å². The van der Waals surface area contributed by atoms with Gasteiger partial charge in [0.05, 0.1) is 11.9 Å². The highest BCUT2D eigenvalue weighted by molar-refractivity contribution is 5.75. The fourth-order valence-corrected chi connectivity index (χ4v) is 2.02. The van der Waals surface area contributed by atoms with Gasteiger partial charge in [-0.15, -0.1) is 0 Å². The summed E-state index contributed by atoms with van der Waals surface area (Å²) in [4.78, 5) is 11.3. The second-order valence-electron chi connectivity index (χ2n) is 4.46. The van der Waals surface area contributed by atoms with Gasteiger partial charge in [0.25, 0.3) is 0 Å². The van der Waals surface area contributed by atoms with Gasteiger partial charge in [-0.1, -0.05) is 30.3 Å². The van der Waals surface area contributed by atoms with Crippen LogP contribution in [0, 0.1) is 6.92 Å². The van der Waals surface area contributed by atoms with Crippen molar-refractivity contribution in [2.45, 2.75) is 19.5 Å². The largest absolute Gasteiger partial charge is 0.480 e. The summed E-state index contributed by atoms with van der Waals surface area (Å²) in [5.74, 6) is -0.883. The maximum atomic E-state index is 11.3. The summed E-state index contributed by atoms with van der Waals surface area (Å²) in [6.07, 6.45) is 1.77. The number of hydrogen-bond acceptors (Lipinski definition) is 3. The first kappa shape index (κ1) is 13.3. The van der Waals surface area contributed by atoms with Crippen LogP contribution in [0.4, 0.5) is 0 Å². The third-order valence-corrected chi connectivity index (χ3v) is 3.12. The first-order valence-corrected chi connectivity index (χ1v) is 6.08.